The molecule has 5 fully saturated rings. The van der Waals surface area contributed by atoms with Crippen molar-refractivity contribution in [3.8, 4) is 0 Å². The minimum Gasteiger partial charge on any atom is -0.394 e. The van der Waals surface area contributed by atoms with E-state index in [2.05, 4.69) is 0 Å². The van der Waals surface area contributed by atoms with Gasteiger partial charge in [-0.2, -0.15) is 0 Å². The average Bonchev–Trinajstić information content (AvgIpc) is 3.32. The third-order valence-corrected chi connectivity index (χ3v) is 12.7. The summed E-state index contributed by atoms with van der Waals surface area (Å²) in [7, 11) is 0. The Morgan fingerprint density at radius 3 is 0.957 bits per heavy atom. The van der Waals surface area contributed by atoms with Gasteiger partial charge in [-0.1, -0.05) is 20.8 Å². The molecule has 0 bridgehead atoms. The molecule has 0 unspecified atom stereocenters. The number of aliphatic hydroxyl groups is 20. The first-order valence-corrected chi connectivity index (χ1v) is 22.6. The molecule has 5 rings (SSSR count). The Balaban J connectivity index is 1.36. The number of hydrogen-bond acceptors (Lipinski definition) is 30. The lowest BCUT2D eigenvalue weighted by atomic mass is 9.85. The molecule has 29 atom stereocenters. The second kappa shape index (κ2) is 25.6. The maximum absolute atomic E-state index is 11.6. The Morgan fingerprint density at radius 2 is 0.657 bits per heavy atom. The molecule has 0 aromatic carbocycles. The molecule has 20 N–H and O–H groups in total. The molecule has 0 amide bonds. The molecule has 5 aliphatic heterocycles. The second-order valence-corrected chi connectivity index (χ2v) is 19.1. The molecule has 5 saturated heterocycles. The van der Waals surface area contributed by atoms with Crippen LogP contribution in [0.4, 0.5) is 0 Å². The largest absolute Gasteiger partial charge is 0.394 e. The van der Waals surface area contributed by atoms with Crippen LogP contribution >= 0.6 is 0 Å². The van der Waals surface area contributed by atoms with E-state index in [9.17, 15) is 102 Å². The Morgan fingerprint density at radius 1 is 0.371 bits per heavy atom. The Labute approximate surface area is 399 Å². The summed E-state index contributed by atoms with van der Waals surface area (Å²) in [4.78, 5) is 0. The number of hydrogen-bond donors (Lipinski definition) is 20. The van der Waals surface area contributed by atoms with Crippen LogP contribution in [0.15, 0.2) is 0 Å². The van der Waals surface area contributed by atoms with Gasteiger partial charge in [0, 0.05) is 0 Å². The summed E-state index contributed by atoms with van der Waals surface area (Å²) >= 11 is 0. The van der Waals surface area contributed by atoms with Gasteiger partial charge in [0.1, 0.15) is 140 Å². The van der Waals surface area contributed by atoms with Crippen molar-refractivity contribution in [1.82, 2.24) is 0 Å². The number of ether oxygens (including phenoxy) is 10. The third-order valence-electron chi connectivity index (χ3n) is 12.7. The highest BCUT2D eigenvalue weighted by atomic mass is 16.8. The van der Waals surface area contributed by atoms with E-state index >= 15 is 0 Å². The average molecular weight is 1030 g/mol. The van der Waals surface area contributed by atoms with Gasteiger partial charge >= 0.3 is 0 Å². The van der Waals surface area contributed by atoms with Crippen molar-refractivity contribution in [3.63, 3.8) is 0 Å². The van der Waals surface area contributed by atoms with Crippen LogP contribution in [0.3, 0.4) is 0 Å². The maximum Gasteiger partial charge on any atom is 0.187 e. The van der Waals surface area contributed by atoms with Gasteiger partial charge in [0.05, 0.1) is 45.7 Å². The molecular weight excluding hydrogens is 960 g/mol. The van der Waals surface area contributed by atoms with Gasteiger partial charge in [0.15, 0.2) is 31.5 Å². The van der Waals surface area contributed by atoms with Crippen molar-refractivity contribution in [2.24, 2.45) is 5.41 Å². The molecule has 30 nitrogen and oxygen atoms in total. The lowest BCUT2D eigenvalue weighted by Crippen LogP contribution is -2.68. The fourth-order valence-corrected chi connectivity index (χ4v) is 8.73. The Hall–Kier alpha value is -1.20. The fourth-order valence-electron chi connectivity index (χ4n) is 8.73. The summed E-state index contributed by atoms with van der Waals surface area (Å²) in [5.41, 5.74) is -0.610. The van der Waals surface area contributed by atoms with Crippen LogP contribution < -0.4 is 0 Å². The van der Waals surface area contributed by atoms with Gasteiger partial charge in [-0.05, 0) is 11.8 Å². The highest BCUT2D eigenvalue weighted by Crippen LogP contribution is 2.37. The van der Waals surface area contributed by atoms with Crippen LogP contribution in [0.2, 0.25) is 0 Å². The summed E-state index contributed by atoms with van der Waals surface area (Å²) in [5, 5.41) is 213. The van der Waals surface area contributed by atoms with E-state index in [1.807, 2.05) is 0 Å². The summed E-state index contributed by atoms with van der Waals surface area (Å²) in [6, 6.07) is 0. The van der Waals surface area contributed by atoms with Crippen LogP contribution in [-0.2, 0) is 47.4 Å². The predicted octanol–water partition coefficient (Wildman–Crippen LogP) is -12.0. The zero-order valence-electron chi connectivity index (χ0n) is 38.2. The monoisotopic (exact) mass is 1030 g/mol. The summed E-state index contributed by atoms with van der Waals surface area (Å²) in [6.45, 7) is -0.717. The van der Waals surface area contributed by atoms with Crippen LogP contribution in [0.25, 0.3) is 0 Å². The molecule has 0 aliphatic carbocycles. The van der Waals surface area contributed by atoms with Gasteiger partial charge in [0.25, 0.3) is 0 Å². The zero-order valence-corrected chi connectivity index (χ0v) is 38.2. The molecule has 5 heterocycles. The van der Waals surface area contributed by atoms with E-state index in [0.717, 1.165) is 0 Å². The maximum atomic E-state index is 11.6. The molecule has 0 radical (unpaired) electrons. The first kappa shape index (κ1) is 59.7. The first-order chi connectivity index (χ1) is 32.9. The SMILES string of the molecule is CC(C)(C)C[C@H](O)[C@@H](O[C@@H]1O[C@H](CO)[C@@H](O)[C@H](O[C@@H]2O[C@H](CO)[C@@H](O)[C@H](O[C@@H]3O[C@H](CO)[C@@H](O)[C@H](O[C@@H]4O[C@H](CO)[C@@H](O)[C@H](O[C@@H]5O[C@H](CO)[C@@H](O)[C@H](O)[C@H]5O)[C@H]4O)[C@H]3O)[C@H]2O)[C@H]1O)[C@H](O)[C@H](O)CO. The number of aliphatic hydroxyl groups excluding tert-OH is 20. The zero-order chi connectivity index (χ0) is 52.3. The molecule has 0 spiro atoms. The van der Waals surface area contributed by atoms with E-state index in [-0.39, 0.29) is 6.42 Å². The second-order valence-electron chi connectivity index (χ2n) is 19.1. The van der Waals surface area contributed by atoms with Crippen LogP contribution in [0, 0.1) is 5.41 Å². The lowest BCUT2D eigenvalue weighted by molar-refractivity contribution is -0.396. The quantitative estimate of drug-likeness (QED) is 0.0538. The Bertz CT molecular complexity index is 1550. The van der Waals surface area contributed by atoms with E-state index < -0.39 is 223 Å². The fraction of sp³-hybridized carbons (Fsp3) is 1.00. The molecule has 70 heavy (non-hydrogen) atoms. The predicted molar refractivity (Wildman–Crippen MR) is 218 cm³/mol. The first-order valence-electron chi connectivity index (χ1n) is 22.6. The van der Waals surface area contributed by atoms with Crippen LogP contribution in [-0.4, -0.2) is 320 Å². The van der Waals surface area contributed by atoms with Crippen molar-refractivity contribution in [3.05, 3.63) is 0 Å². The number of rotatable bonds is 20. The van der Waals surface area contributed by atoms with Crippen molar-refractivity contribution < 1.29 is 149 Å². The van der Waals surface area contributed by atoms with E-state index in [0.29, 0.717) is 0 Å². The molecule has 5 aliphatic rings. The Kier molecular flexibility index (Phi) is 21.8. The molecule has 412 valence electrons. The van der Waals surface area contributed by atoms with Crippen LogP contribution in [0.5, 0.6) is 0 Å². The lowest BCUT2D eigenvalue weighted by Gasteiger charge is -2.50. The van der Waals surface area contributed by atoms with Gasteiger partial charge in [0.2, 0.25) is 0 Å². The smallest absolute Gasteiger partial charge is 0.187 e. The molecule has 0 saturated carbocycles. The van der Waals surface area contributed by atoms with Gasteiger partial charge < -0.3 is 149 Å². The molecule has 0 aromatic rings. The van der Waals surface area contributed by atoms with Crippen molar-refractivity contribution in [2.75, 3.05) is 39.6 Å². The third kappa shape index (κ3) is 13.2. The van der Waals surface area contributed by atoms with Crippen molar-refractivity contribution in [2.45, 2.75) is 205 Å². The normalized spacial score (nSPS) is 47.1. The summed E-state index contributed by atoms with van der Waals surface area (Å²) in [5.74, 6) is 0. The molecular formula is C40H72O30. The van der Waals surface area contributed by atoms with Crippen LogP contribution in [0.1, 0.15) is 27.2 Å². The van der Waals surface area contributed by atoms with Gasteiger partial charge in [-0.3, -0.25) is 0 Å². The van der Waals surface area contributed by atoms with Gasteiger partial charge in [-0.25, -0.2) is 0 Å². The highest BCUT2D eigenvalue weighted by molar-refractivity contribution is 5.00. The minimum absolute atomic E-state index is 0.0745. The summed E-state index contributed by atoms with van der Waals surface area (Å²) in [6.07, 6.45) is -56.6. The standard InChI is InChI=1S/C40H72O30/c1-40(2,3)4-11(47)30(18(49)12(48)5-41)66-36-26(57)32(21(52)14(7-43)62-36)68-38-28(59)34(23(54)16(9-45)64-38)70-39-29(60)33(22(53)17(10-46)65-39)69-37-27(58)31(20(51)15(8-44)63-37)67-35-25(56)24(55)19(50)13(6-42)61-35/h11-39,41-60H,4-10H2,1-3H3/t11-,12+,13+,14+,15+,16+,17+,18+,19+,20+,21+,22+,23+,24-,25+,26+,27+,28+,29+,30+,31-,32-,33-,34-,35-,36-,37-,38-,39-/m0/s1. The van der Waals surface area contributed by atoms with Gasteiger partial charge in [-0.15, -0.1) is 0 Å². The highest BCUT2D eigenvalue weighted by Gasteiger charge is 2.57. The van der Waals surface area contributed by atoms with Crippen molar-refractivity contribution >= 4 is 0 Å². The van der Waals surface area contributed by atoms with E-state index in [1.165, 1.54) is 0 Å². The minimum atomic E-state index is -2.25. The molecule has 30 heteroatoms. The van der Waals surface area contributed by atoms with Crippen molar-refractivity contribution in [1.29, 1.82) is 0 Å². The van der Waals surface area contributed by atoms with E-state index in [1.54, 1.807) is 20.8 Å². The summed E-state index contributed by atoms with van der Waals surface area (Å²) < 4.78 is 56.1. The molecule has 0 aromatic heterocycles. The van der Waals surface area contributed by atoms with E-state index in [4.69, 9.17) is 47.4 Å². The topological polar surface area (TPSA) is 497 Å².